The van der Waals surface area contributed by atoms with Crippen molar-refractivity contribution < 1.29 is 9.34 Å². The molecule has 0 unspecified atom stereocenters. The van der Waals surface area contributed by atoms with E-state index in [2.05, 4.69) is 17.2 Å². The van der Waals surface area contributed by atoms with E-state index in [1.54, 1.807) is 18.3 Å². The molecule has 0 aliphatic carbocycles. The molecular weight excluding hydrogens is 258 g/mol. The van der Waals surface area contributed by atoms with Crippen molar-refractivity contribution in [2.45, 2.75) is 19.8 Å². The monoisotopic (exact) mass is 275 g/mol. The number of rotatable bonds is 7. The molecule has 0 spiro atoms. The van der Waals surface area contributed by atoms with Gasteiger partial charge in [0.2, 0.25) is 0 Å². The standard InChI is InChI=1S/C14H17N3O3/c1-2-15-9-3-4-14-16-10-13(20-14)11-5-7-12(8-6-11)17(18)19/h5-8,10,15H,2-4,9H2,1H3. The zero-order valence-corrected chi connectivity index (χ0v) is 11.3. The summed E-state index contributed by atoms with van der Waals surface area (Å²) in [5, 5.41) is 13.8. The number of aryl methyl sites for hydroxylation is 1. The second-order valence-electron chi connectivity index (χ2n) is 4.38. The van der Waals surface area contributed by atoms with E-state index >= 15 is 0 Å². The van der Waals surface area contributed by atoms with Crippen LogP contribution in [-0.2, 0) is 6.42 Å². The van der Waals surface area contributed by atoms with Crippen molar-refractivity contribution in [2.75, 3.05) is 13.1 Å². The molecule has 0 amide bonds. The van der Waals surface area contributed by atoms with Crippen molar-refractivity contribution in [3.8, 4) is 11.3 Å². The number of benzene rings is 1. The quantitative estimate of drug-likeness (QED) is 0.477. The summed E-state index contributed by atoms with van der Waals surface area (Å²) in [6, 6.07) is 6.26. The molecule has 1 aromatic heterocycles. The highest BCUT2D eigenvalue weighted by atomic mass is 16.6. The Labute approximate surface area is 117 Å². The molecule has 1 aromatic carbocycles. The first kappa shape index (κ1) is 14.2. The molecule has 0 saturated carbocycles. The maximum atomic E-state index is 10.6. The van der Waals surface area contributed by atoms with Crippen LogP contribution in [0.1, 0.15) is 19.2 Å². The number of nitro benzene ring substituents is 1. The molecule has 0 fully saturated rings. The van der Waals surface area contributed by atoms with E-state index in [-0.39, 0.29) is 5.69 Å². The Bertz CT molecular complexity index is 563. The van der Waals surface area contributed by atoms with Gasteiger partial charge < -0.3 is 9.73 Å². The van der Waals surface area contributed by atoms with E-state index in [0.29, 0.717) is 11.7 Å². The number of nitrogens with zero attached hydrogens (tertiary/aromatic N) is 2. The van der Waals surface area contributed by atoms with Crippen LogP contribution in [0.5, 0.6) is 0 Å². The molecule has 0 aliphatic heterocycles. The third-order valence-electron chi connectivity index (χ3n) is 2.91. The molecule has 2 aromatic rings. The van der Waals surface area contributed by atoms with Gasteiger partial charge in [-0.25, -0.2) is 4.98 Å². The van der Waals surface area contributed by atoms with E-state index in [9.17, 15) is 10.1 Å². The molecule has 6 nitrogen and oxygen atoms in total. The van der Waals surface area contributed by atoms with E-state index in [0.717, 1.165) is 31.5 Å². The van der Waals surface area contributed by atoms with Crippen LogP contribution in [0.3, 0.4) is 0 Å². The highest BCUT2D eigenvalue weighted by Crippen LogP contribution is 2.23. The van der Waals surface area contributed by atoms with Gasteiger partial charge in [-0.2, -0.15) is 0 Å². The molecule has 0 radical (unpaired) electrons. The zero-order chi connectivity index (χ0) is 14.4. The molecule has 0 aliphatic rings. The van der Waals surface area contributed by atoms with Gasteiger partial charge in [0, 0.05) is 24.1 Å². The number of hydrogen-bond donors (Lipinski definition) is 1. The minimum absolute atomic E-state index is 0.0686. The topological polar surface area (TPSA) is 81.2 Å². The average molecular weight is 275 g/mol. The molecule has 0 atom stereocenters. The van der Waals surface area contributed by atoms with Gasteiger partial charge in [-0.05, 0) is 31.6 Å². The second-order valence-corrected chi connectivity index (χ2v) is 4.38. The largest absolute Gasteiger partial charge is 0.441 e. The Morgan fingerprint density at radius 3 is 2.75 bits per heavy atom. The second kappa shape index (κ2) is 6.81. The van der Waals surface area contributed by atoms with E-state index in [1.165, 1.54) is 12.1 Å². The lowest BCUT2D eigenvalue weighted by Crippen LogP contribution is -2.14. The van der Waals surface area contributed by atoms with E-state index in [4.69, 9.17) is 4.42 Å². The smallest absolute Gasteiger partial charge is 0.269 e. The summed E-state index contributed by atoms with van der Waals surface area (Å²) >= 11 is 0. The fourth-order valence-electron chi connectivity index (χ4n) is 1.85. The van der Waals surface area contributed by atoms with E-state index < -0.39 is 4.92 Å². The van der Waals surface area contributed by atoms with Crippen LogP contribution in [0.25, 0.3) is 11.3 Å². The van der Waals surface area contributed by atoms with Crippen LogP contribution in [-0.4, -0.2) is 23.0 Å². The summed E-state index contributed by atoms with van der Waals surface area (Å²) in [6.45, 7) is 3.96. The molecule has 106 valence electrons. The lowest BCUT2D eigenvalue weighted by Gasteiger charge is -1.99. The number of hydrogen-bond acceptors (Lipinski definition) is 5. The molecule has 6 heteroatoms. The van der Waals surface area contributed by atoms with Crippen molar-refractivity contribution in [3.05, 3.63) is 46.5 Å². The van der Waals surface area contributed by atoms with Gasteiger partial charge in [0.25, 0.3) is 5.69 Å². The molecule has 1 N–H and O–H groups in total. The normalized spacial score (nSPS) is 10.7. The highest BCUT2D eigenvalue weighted by molar-refractivity contribution is 5.58. The maximum Gasteiger partial charge on any atom is 0.269 e. The Morgan fingerprint density at radius 2 is 2.10 bits per heavy atom. The highest BCUT2D eigenvalue weighted by Gasteiger charge is 2.09. The van der Waals surface area contributed by atoms with Gasteiger partial charge >= 0.3 is 0 Å². The lowest BCUT2D eigenvalue weighted by atomic mass is 10.2. The van der Waals surface area contributed by atoms with Gasteiger partial charge in [-0.15, -0.1) is 0 Å². The predicted molar refractivity (Wildman–Crippen MR) is 75.5 cm³/mol. The lowest BCUT2D eigenvalue weighted by molar-refractivity contribution is -0.384. The third kappa shape index (κ3) is 3.64. The van der Waals surface area contributed by atoms with Crippen molar-refractivity contribution in [1.29, 1.82) is 0 Å². The Balaban J connectivity index is 1.99. The SMILES string of the molecule is CCNCCCc1ncc(-c2ccc([N+](=O)[O-])cc2)o1. The fourth-order valence-corrected chi connectivity index (χ4v) is 1.85. The van der Waals surface area contributed by atoms with Crippen LogP contribution < -0.4 is 5.32 Å². The van der Waals surface area contributed by atoms with Gasteiger partial charge in [0.1, 0.15) is 0 Å². The molecule has 1 heterocycles. The molecule has 0 bridgehead atoms. The number of non-ortho nitro benzene ring substituents is 1. The first-order valence-electron chi connectivity index (χ1n) is 6.61. The molecule has 2 rings (SSSR count). The van der Waals surface area contributed by atoms with Gasteiger partial charge in [-0.1, -0.05) is 6.92 Å². The number of oxazole rings is 1. The van der Waals surface area contributed by atoms with Crippen molar-refractivity contribution in [2.24, 2.45) is 0 Å². The number of nitrogens with one attached hydrogen (secondary N) is 1. The van der Waals surface area contributed by atoms with Crippen LogP contribution in [0.15, 0.2) is 34.9 Å². The molecule has 0 saturated heterocycles. The first-order valence-corrected chi connectivity index (χ1v) is 6.61. The molecular formula is C14H17N3O3. The molecule has 20 heavy (non-hydrogen) atoms. The average Bonchev–Trinajstić information content (AvgIpc) is 2.92. The summed E-state index contributed by atoms with van der Waals surface area (Å²) in [5.41, 5.74) is 0.861. The van der Waals surface area contributed by atoms with Crippen molar-refractivity contribution in [3.63, 3.8) is 0 Å². The summed E-state index contributed by atoms with van der Waals surface area (Å²) in [6.07, 6.45) is 3.40. The van der Waals surface area contributed by atoms with Crippen molar-refractivity contribution in [1.82, 2.24) is 10.3 Å². The Kier molecular flexibility index (Phi) is 4.84. The minimum atomic E-state index is -0.420. The fraction of sp³-hybridized carbons (Fsp3) is 0.357. The maximum absolute atomic E-state index is 10.6. The van der Waals surface area contributed by atoms with Gasteiger partial charge in [0.05, 0.1) is 11.1 Å². The van der Waals surface area contributed by atoms with Crippen LogP contribution >= 0.6 is 0 Å². The predicted octanol–water partition coefficient (Wildman–Crippen LogP) is 2.79. The number of aromatic nitrogens is 1. The Morgan fingerprint density at radius 1 is 1.35 bits per heavy atom. The summed E-state index contributed by atoms with van der Waals surface area (Å²) in [7, 11) is 0. The summed E-state index contributed by atoms with van der Waals surface area (Å²) in [5.74, 6) is 1.33. The van der Waals surface area contributed by atoms with Gasteiger partial charge in [0.15, 0.2) is 11.7 Å². The van der Waals surface area contributed by atoms with Crippen LogP contribution in [0, 0.1) is 10.1 Å². The van der Waals surface area contributed by atoms with Crippen molar-refractivity contribution >= 4 is 5.69 Å². The first-order chi connectivity index (χ1) is 9.70. The van der Waals surface area contributed by atoms with E-state index in [1.807, 2.05) is 0 Å². The third-order valence-corrected chi connectivity index (χ3v) is 2.91. The number of nitro groups is 1. The van der Waals surface area contributed by atoms with Crippen LogP contribution in [0.4, 0.5) is 5.69 Å². The zero-order valence-electron chi connectivity index (χ0n) is 11.3. The van der Waals surface area contributed by atoms with Crippen LogP contribution in [0.2, 0.25) is 0 Å². The summed E-state index contributed by atoms with van der Waals surface area (Å²) in [4.78, 5) is 14.4. The van der Waals surface area contributed by atoms with Gasteiger partial charge in [-0.3, -0.25) is 10.1 Å². The Hall–Kier alpha value is -2.21. The summed E-state index contributed by atoms with van der Waals surface area (Å²) < 4.78 is 5.64. The minimum Gasteiger partial charge on any atom is -0.441 e.